The zero-order chi connectivity index (χ0) is 29.6. The summed E-state index contributed by atoms with van der Waals surface area (Å²) in [5.41, 5.74) is 8.23. The first-order valence-corrected chi connectivity index (χ1v) is 17.2. The highest BCUT2D eigenvalue weighted by Gasteiger charge is 2.50. The van der Waals surface area contributed by atoms with Gasteiger partial charge in [-0.1, -0.05) is 81.4 Å². The van der Waals surface area contributed by atoms with Gasteiger partial charge in [0, 0.05) is 44.8 Å². The number of amides is 1. The zero-order valence-corrected chi connectivity index (χ0v) is 26.3. The van der Waals surface area contributed by atoms with Gasteiger partial charge in [0.25, 0.3) is 8.32 Å². The molecule has 0 saturated carbocycles. The van der Waals surface area contributed by atoms with Crippen molar-refractivity contribution < 1.29 is 18.7 Å². The molecule has 3 aromatic carbocycles. The quantitative estimate of drug-likeness (QED) is 0.194. The third-order valence-electron chi connectivity index (χ3n) is 8.54. The van der Waals surface area contributed by atoms with Gasteiger partial charge in [-0.3, -0.25) is 0 Å². The molecule has 1 amide bonds. The lowest BCUT2D eigenvalue weighted by atomic mass is 10.0. The summed E-state index contributed by atoms with van der Waals surface area (Å²) in [5, 5.41) is 2.52. The van der Waals surface area contributed by atoms with Crippen molar-refractivity contribution in [3.63, 3.8) is 0 Å². The largest absolute Gasteiger partial charge is 0.493 e. The predicted octanol–water partition coefficient (Wildman–Crippen LogP) is 5.43. The smallest absolute Gasteiger partial charge is 0.410 e. The van der Waals surface area contributed by atoms with E-state index in [4.69, 9.17) is 19.6 Å². The Kier molecular flexibility index (Phi) is 9.43. The fourth-order valence-electron chi connectivity index (χ4n) is 6.46. The highest BCUT2D eigenvalue weighted by Crippen LogP contribution is 2.37. The Bertz CT molecular complexity index is 1270. The van der Waals surface area contributed by atoms with Gasteiger partial charge in [-0.15, -0.1) is 0 Å². The monoisotopic (exact) mass is 587 g/mol. The van der Waals surface area contributed by atoms with Crippen LogP contribution in [0.3, 0.4) is 0 Å². The normalized spacial score (nSPS) is 16.8. The fraction of sp³-hybridized carbons (Fsp3) is 0.441. The molecule has 0 aliphatic carbocycles. The lowest BCUT2D eigenvalue weighted by Gasteiger charge is -2.43. The van der Waals surface area contributed by atoms with Crippen molar-refractivity contribution in [1.29, 1.82) is 0 Å². The highest BCUT2D eigenvalue weighted by atomic mass is 28.4. The van der Waals surface area contributed by atoms with Crippen molar-refractivity contribution in [3.8, 4) is 5.75 Å². The molecule has 0 bridgehead atoms. The molecular weight excluding hydrogens is 542 g/mol. The molecule has 0 atom stereocenters. The van der Waals surface area contributed by atoms with Gasteiger partial charge in [-0.25, -0.2) is 4.79 Å². The molecule has 8 heteroatoms. The molecule has 2 heterocycles. The van der Waals surface area contributed by atoms with Crippen LogP contribution in [-0.4, -0.2) is 64.8 Å². The zero-order valence-electron chi connectivity index (χ0n) is 25.3. The minimum absolute atomic E-state index is 0.0492. The van der Waals surface area contributed by atoms with E-state index < -0.39 is 8.32 Å². The molecule has 2 aliphatic rings. The molecule has 0 aromatic heterocycles. The first-order valence-electron chi connectivity index (χ1n) is 15.3. The molecule has 224 valence electrons. The molecule has 2 N–H and O–H groups in total. The number of nitrogens with zero attached hydrogens (tertiary/aromatic N) is 2. The number of anilines is 2. The molecule has 3 aromatic rings. The van der Waals surface area contributed by atoms with Crippen LogP contribution in [0.15, 0.2) is 78.9 Å². The van der Waals surface area contributed by atoms with E-state index in [1.165, 1.54) is 10.4 Å². The van der Waals surface area contributed by atoms with Crippen molar-refractivity contribution in [1.82, 2.24) is 4.90 Å². The van der Waals surface area contributed by atoms with Crippen LogP contribution >= 0.6 is 0 Å². The number of ether oxygens (including phenoxy) is 2. The molecular formula is C34H45N3O4Si. The summed E-state index contributed by atoms with van der Waals surface area (Å²) in [6, 6.07) is 27.7. The first-order chi connectivity index (χ1) is 20.3. The summed E-state index contributed by atoms with van der Waals surface area (Å²) >= 11 is 0. The van der Waals surface area contributed by atoms with E-state index in [1.807, 2.05) is 17.0 Å². The fourth-order valence-corrected chi connectivity index (χ4v) is 11.1. The SMILES string of the molecule is CC(C)(C)[Si](OCCCOc1ccc(N2CCC(N3CCCOC3=O)CC2)c(N)c1)(c1ccccc1)c1ccccc1. The lowest BCUT2D eigenvalue weighted by Crippen LogP contribution is -2.66. The third kappa shape index (κ3) is 6.44. The number of carbonyl (C=O) groups is 1. The average molecular weight is 588 g/mol. The number of nitrogens with two attached hydrogens (primary N) is 1. The summed E-state index contributed by atoms with van der Waals surface area (Å²) in [6.45, 7) is 11.1. The second-order valence-electron chi connectivity index (χ2n) is 12.3. The van der Waals surface area contributed by atoms with Crippen molar-refractivity contribution in [2.45, 2.75) is 57.5 Å². The highest BCUT2D eigenvalue weighted by molar-refractivity contribution is 6.99. The summed E-state index contributed by atoms with van der Waals surface area (Å²) in [4.78, 5) is 16.3. The Labute approximate surface area is 251 Å². The standard InChI is InChI=1S/C34H45N3O4Si/c1-34(2,3)42(29-12-6-4-7-13-29,30-14-8-5-9-15-30)41-25-11-24-39-28-16-17-32(31(35)26-28)36-21-18-27(19-22-36)37-20-10-23-40-33(37)38/h4-9,12-17,26-27H,10-11,18-25,35H2,1-3H3. The minimum atomic E-state index is -2.54. The number of carbonyl (C=O) groups excluding carboxylic acids is 1. The van der Waals surface area contributed by atoms with E-state index in [2.05, 4.69) is 92.4 Å². The van der Waals surface area contributed by atoms with Gasteiger partial charge in [-0.05, 0) is 46.8 Å². The molecule has 5 rings (SSSR count). The summed E-state index contributed by atoms with van der Waals surface area (Å²) < 4.78 is 18.3. The number of hydrogen-bond acceptors (Lipinski definition) is 6. The second kappa shape index (κ2) is 13.2. The van der Waals surface area contributed by atoms with Crippen LogP contribution in [0.4, 0.5) is 16.2 Å². The Hall–Kier alpha value is -3.49. The summed E-state index contributed by atoms with van der Waals surface area (Å²) in [6.07, 6.45) is 3.35. The van der Waals surface area contributed by atoms with Crippen LogP contribution in [0, 0.1) is 0 Å². The van der Waals surface area contributed by atoms with E-state index in [9.17, 15) is 4.79 Å². The van der Waals surface area contributed by atoms with Crippen molar-refractivity contribution in [3.05, 3.63) is 78.9 Å². The number of nitrogen functional groups attached to an aromatic ring is 1. The molecule has 0 unspecified atom stereocenters. The number of hydrogen-bond donors (Lipinski definition) is 1. The predicted molar refractivity (Wildman–Crippen MR) is 172 cm³/mol. The number of rotatable bonds is 10. The lowest BCUT2D eigenvalue weighted by molar-refractivity contribution is 0.0499. The Morgan fingerprint density at radius 3 is 2.12 bits per heavy atom. The third-order valence-corrected chi connectivity index (χ3v) is 13.6. The van der Waals surface area contributed by atoms with E-state index >= 15 is 0 Å². The minimum Gasteiger partial charge on any atom is -0.493 e. The summed E-state index contributed by atoms with van der Waals surface area (Å²) in [7, 11) is -2.54. The van der Waals surface area contributed by atoms with Gasteiger partial charge in [0.05, 0.1) is 24.6 Å². The average Bonchev–Trinajstić information content (AvgIpc) is 3.00. The van der Waals surface area contributed by atoms with Gasteiger partial charge >= 0.3 is 6.09 Å². The van der Waals surface area contributed by atoms with Gasteiger partial charge in [0.15, 0.2) is 0 Å². The summed E-state index contributed by atoms with van der Waals surface area (Å²) in [5.74, 6) is 0.771. The van der Waals surface area contributed by atoms with Crippen LogP contribution in [-0.2, 0) is 9.16 Å². The number of cyclic esters (lactones) is 1. The number of benzene rings is 3. The molecule has 7 nitrogen and oxygen atoms in total. The maximum atomic E-state index is 12.1. The van der Waals surface area contributed by atoms with Crippen LogP contribution in [0.5, 0.6) is 5.75 Å². The van der Waals surface area contributed by atoms with Crippen molar-refractivity contribution in [2.75, 3.05) is 50.1 Å². The molecule has 2 fully saturated rings. The topological polar surface area (TPSA) is 77.3 Å². The van der Waals surface area contributed by atoms with Crippen molar-refractivity contribution in [2.24, 2.45) is 0 Å². The molecule has 42 heavy (non-hydrogen) atoms. The first kappa shape index (κ1) is 30.0. The van der Waals surface area contributed by atoms with Crippen LogP contribution in [0.25, 0.3) is 0 Å². The van der Waals surface area contributed by atoms with E-state index in [1.54, 1.807) is 0 Å². The van der Waals surface area contributed by atoms with Gasteiger partial charge in [-0.2, -0.15) is 0 Å². The van der Waals surface area contributed by atoms with Crippen molar-refractivity contribution >= 4 is 36.2 Å². The van der Waals surface area contributed by atoms with Gasteiger partial charge < -0.3 is 29.4 Å². The van der Waals surface area contributed by atoms with Gasteiger partial charge in [0.2, 0.25) is 0 Å². The maximum absolute atomic E-state index is 12.1. The van der Waals surface area contributed by atoms with E-state index in [-0.39, 0.29) is 17.2 Å². The Balaban J connectivity index is 1.16. The van der Waals surface area contributed by atoms with Gasteiger partial charge in [0.1, 0.15) is 5.75 Å². The second-order valence-corrected chi connectivity index (χ2v) is 16.6. The van der Waals surface area contributed by atoms with Crippen LogP contribution in [0.2, 0.25) is 5.04 Å². The molecule has 2 aliphatic heterocycles. The molecule has 2 saturated heterocycles. The maximum Gasteiger partial charge on any atom is 0.410 e. The van der Waals surface area contributed by atoms with E-state index in [0.29, 0.717) is 25.5 Å². The number of piperidine rings is 1. The van der Waals surface area contributed by atoms with Crippen LogP contribution < -0.4 is 25.7 Å². The Morgan fingerprint density at radius 2 is 1.55 bits per heavy atom. The Morgan fingerprint density at radius 1 is 0.905 bits per heavy atom. The molecule has 0 radical (unpaired) electrons. The van der Waals surface area contributed by atoms with E-state index in [0.717, 1.165) is 56.8 Å². The van der Waals surface area contributed by atoms with Crippen LogP contribution in [0.1, 0.15) is 46.5 Å². The molecule has 0 spiro atoms.